The molecule has 0 amide bonds. The van der Waals surface area contributed by atoms with Crippen molar-refractivity contribution in [2.45, 2.75) is 58.3 Å². The Hall–Kier alpha value is -2.47. The lowest BCUT2D eigenvalue weighted by Gasteiger charge is -2.44. The SMILES string of the molecule is CNC(=S)N[C@H]1[C@H](OC(C)=O)O[C@H](COC(C)=O)[C@@H](OC(C)=O)[C@@H]1OC(C)=O. The predicted octanol–water partition coefficient (Wildman–Crippen LogP) is -0.837. The van der Waals surface area contributed by atoms with Crippen molar-refractivity contribution in [3.8, 4) is 0 Å². The van der Waals surface area contributed by atoms with E-state index in [1.165, 1.54) is 6.92 Å². The molecule has 1 aliphatic heterocycles. The van der Waals surface area contributed by atoms with Crippen molar-refractivity contribution in [3.05, 3.63) is 0 Å². The van der Waals surface area contributed by atoms with Crippen LogP contribution in [0.25, 0.3) is 0 Å². The fourth-order valence-corrected chi connectivity index (χ4v) is 2.68. The van der Waals surface area contributed by atoms with Crippen LogP contribution in [0, 0.1) is 0 Å². The van der Waals surface area contributed by atoms with Gasteiger partial charge in [0.2, 0.25) is 6.29 Å². The van der Waals surface area contributed by atoms with Crippen LogP contribution in [0.1, 0.15) is 27.7 Å². The van der Waals surface area contributed by atoms with E-state index in [4.69, 9.17) is 35.9 Å². The number of hydrogen-bond donors (Lipinski definition) is 2. The molecule has 1 saturated heterocycles. The van der Waals surface area contributed by atoms with Gasteiger partial charge in [-0.3, -0.25) is 19.2 Å². The van der Waals surface area contributed by atoms with Crippen molar-refractivity contribution in [2.75, 3.05) is 13.7 Å². The number of carbonyl (C=O) groups is 4. The molecule has 0 aromatic carbocycles. The Morgan fingerprint density at radius 3 is 1.89 bits per heavy atom. The number of rotatable bonds is 6. The summed E-state index contributed by atoms with van der Waals surface area (Å²) in [4.78, 5) is 46.0. The topological polar surface area (TPSA) is 138 Å². The number of hydrogen-bond acceptors (Lipinski definition) is 10. The molecule has 1 aliphatic rings. The Labute approximate surface area is 167 Å². The third-order valence-corrected chi connectivity index (χ3v) is 3.83. The molecular weight excluding hydrogens is 396 g/mol. The molecule has 2 N–H and O–H groups in total. The first kappa shape index (κ1) is 23.6. The summed E-state index contributed by atoms with van der Waals surface area (Å²) < 4.78 is 26.4. The molecule has 28 heavy (non-hydrogen) atoms. The standard InChI is InChI=1S/C16H24N2O9S/c1-7(19)23-6-11-13(24-8(2)20)14(25-9(3)21)12(18-16(28)17-5)15(27-11)26-10(4)22/h11-15H,6H2,1-5H3,(H2,17,18,28)/t11-,12-,13-,14-,15-/m1/s1. The summed E-state index contributed by atoms with van der Waals surface area (Å²) in [5.41, 5.74) is 0. The summed E-state index contributed by atoms with van der Waals surface area (Å²) in [6, 6.07) is -1.01. The molecule has 0 radical (unpaired) electrons. The fourth-order valence-electron chi connectivity index (χ4n) is 2.54. The molecule has 1 rings (SSSR count). The molecule has 5 atom stereocenters. The van der Waals surface area contributed by atoms with E-state index in [1.807, 2.05) is 0 Å². The minimum Gasteiger partial charge on any atom is -0.463 e. The van der Waals surface area contributed by atoms with E-state index in [1.54, 1.807) is 7.05 Å². The average molecular weight is 420 g/mol. The first-order valence-electron chi connectivity index (χ1n) is 8.33. The van der Waals surface area contributed by atoms with Crippen molar-refractivity contribution in [1.82, 2.24) is 10.6 Å². The van der Waals surface area contributed by atoms with Gasteiger partial charge in [-0.1, -0.05) is 0 Å². The van der Waals surface area contributed by atoms with Crippen LogP contribution in [-0.4, -0.2) is 73.3 Å². The molecule has 1 fully saturated rings. The maximum absolute atomic E-state index is 11.7. The van der Waals surface area contributed by atoms with Crippen LogP contribution >= 0.6 is 12.2 Å². The van der Waals surface area contributed by atoms with E-state index in [-0.39, 0.29) is 11.7 Å². The van der Waals surface area contributed by atoms with E-state index in [0.29, 0.717) is 0 Å². The van der Waals surface area contributed by atoms with E-state index in [0.717, 1.165) is 20.8 Å². The lowest BCUT2D eigenvalue weighted by atomic mass is 9.96. The van der Waals surface area contributed by atoms with Crippen LogP contribution in [0.5, 0.6) is 0 Å². The fraction of sp³-hybridized carbons (Fsp3) is 0.688. The number of ether oxygens (including phenoxy) is 5. The molecular formula is C16H24N2O9S. The van der Waals surface area contributed by atoms with Gasteiger partial charge in [-0.05, 0) is 12.2 Å². The second-order valence-corrected chi connectivity index (χ2v) is 6.26. The van der Waals surface area contributed by atoms with Crippen molar-refractivity contribution in [3.63, 3.8) is 0 Å². The summed E-state index contributed by atoms with van der Waals surface area (Å²) >= 11 is 5.07. The van der Waals surface area contributed by atoms with E-state index >= 15 is 0 Å². The Kier molecular flexibility index (Phi) is 9.06. The molecule has 0 aliphatic carbocycles. The minimum absolute atomic E-state index is 0.142. The molecule has 0 bridgehead atoms. The van der Waals surface area contributed by atoms with Crippen molar-refractivity contribution in [1.29, 1.82) is 0 Å². The summed E-state index contributed by atoms with van der Waals surface area (Å²) in [6.07, 6.45) is -4.67. The number of esters is 4. The lowest BCUT2D eigenvalue weighted by Crippen LogP contribution is -2.67. The predicted molar refractivity (Wildman–Crippen MR) is 96.7 cm³/mol. The largest absolute Gasteiger partial charge is 0.463 e. The van der Waals surface area contributed by atoms with Gasteiger partial charge in [-0.25, -0.2) is 0 Å². The second kappa shape index (κ2) is 10.8. The first-order chi connectivity index (χ1) is 13.0. The molecule has 0 aromatic rings. The summed E-state index contributed by atoms with van der Waals surface area (Å²) in [5, 5.41) is 5.63. The van der Waals surface area contributed by atoms with Gasteiger partial charge >= 0.3 is 23.9 Å². The second-order valence-electron chi connectivity index (χ2n) is 5.85. The maximum atomic E-state index is 11.7. The highest BCUT2D eigenvalue weighted by molar-refractivity contribution is 7.80. The minimum atomic E-state index is -1.28. The van der Waals surface area contributed by atoms with Crippen LogP contribution in [0.2, 0.25) is 0 Å². The Balaban J connectivity index is 3.31. The number of nitrogens with one attached hydrogen (secondary N) is 2. The monoisotopic (exact) mass is 420 g/mol. The highest BCUT2D eigenvalue weighted by Gasteiger charge is 2.52. The Morgan fingerprint density at radius 2 is 1.43 bits per heavy atom. The molecule has 158 valence electrons. The van der Waals surface area contributed by atoms with Crippen molar-refractivity contribution >= 4 is 41.2 Å². The van der Waals surface area contributed by atoms with Gasteiger partial charge in [0.1, 0.15) is 18.8 Å². The Bertz CT molecular complexity index is 627. The molecule has 11 nitrogen and oxygen atoms in total. The molecule has 12 heteroatoms. The summed E-state index contributed by atoms with van der Waals surface area (Å²) in [6.45, 7) is 4.34. The molecule has 1 heterocycles. The molecule has 0 spiro atoms. The normalized spacial score (nSPS) is 26.4. The van der Waals surface area contributed by atoms with Crippen LogP contribution in [0.4, 0.5) is 0 Å². The van der Waals surface area contributed by atoms with Gasteiger partial charge in [0.05, 0.1) is 0 Å². The molecule has 0 unspecified atom stereocenters. The third-order valence-electron chi connectivity index (χ3n) is 3.51. The van der Waals surface area contributed by atoms with Gasteiger partial charge in [-0.15, -0.1) is 0 Å². The van der Waals surface area contributed by atoms with Crippen LogP contribution in [0.3, 0.4) is 0 Å². The number of thiocarbonyl (C=S) groups is 1. The summed E-state index contributed by atoms with van der Waals surface area (Å²) in [5.74, 6) is -2.64. The lowest BCUT2D eigenvalue weighted by molar-refractivity contribution is -0.269. The molecule has 0 saturated carbocycles. The average Bonchev–Trinajstić information content (AvgIpc) is 2.56. The first-order valence-corrected chi connectivity index (χ1v) is 8.74. The van der Waals surface area contributed by atoms with E-state index in [9.17, 15) is 19.2 Å². The highest BCUT2D eigenvalue weighted by Crippen LogP contribution is 2.28. The zero-order valence-corrected chi connectivity index (χ0v) is 17.0. The van der Waals surface area contributed by atoms with E-state index in [2.05, 4.69) is 10.6 Å². The zero-order valence-electron chi connectivity index (χ0n) is 16.2. The highest BCUT2D eigenvalue weighted by atomic mass is 32.1. The van der Waals surface area contributed by atoms with E-state index < -0.39 is 54.5 Å². The van der Waals surface area contributed by atoms with Crippen LogP contribution in [-0.2, 0) is 42.9 Å². The van der Waals surface area contributed by atoms with Gasteiger partial charge < -0.3 is 34.3 Å². The maximum Gasteiger partial charge on any atom is 0.305 e. The van der Waals surface area contributed by atoms with Gasteiger partial charge in [0.25, 0.3) is 0 Å². The van der Waals surface area contributed by atoms with Crippen molar-refractivity contribution < 1.29 is 42.9 Å². The molecule has 0 aromatic heterocycles. The van der Waals surface area contributed by atoms with Crippen LogP contribution < -0.4 is 10.6 Å². The third kappa shape index (κ3) is 7.27. The summed E-state index contributed by atoms with van der Waals surface area (Å²) in [7, 11) is 1.55. The van der Waals surface area contributed by atoms with Crippen LogP contribution in [0.15, 0.2) is 0 Å². The van der Waals surface area contributed by atoms with Gasteiger partial charge in [0.15, 0.2) is 17.3 Å². The smallest absolute Gasteiger partial charge is 0.305 e. The quantitative estimate of drug-likeness (QED) is 0.315. The van der Waals surface area contributed by atoms with Crippen molar-refractivity contribution in [2.24, 2.45) is 0 Å². The zero-order chi connectivity index (χ0) is 21.4. The van der Waals surface area contributed by atoms with Gasteiger partial charge in [-0.2, -0.15) is 0 Å². The number of carbonyl (C=O) groups excluding carboxylic acids is 4. The van der Waals surface area contributed by atoms with Gasteiger partial charge in [0, 0.05) is 34.7 Å². The Morgan fingerprint density at radius 1 is 0.893 bits per heavy atom.